The van der Waals surface area contributed by atoms with E-state index >= 15 is 0 Å². The lowest BCUT2D eigenvalue weighted by Gasteiger charge is -2.10. The van der Waals surface area contributed by atoms with Gasteiger partial charge in [0.05, 0.1) is 11.3 Å². The van der Waals surface area contributed by atoms with Crippen LogP contribution in [-0.2, 0) is 0 Å². The number of phenols is 1. The molecule has 0 saturated heterocycles. The molecule has 0 atom stereocenters. The third-order valence-corrected chi connectivity index (χ3v) is 2.95. The van der Waals surface area contributed by atoms with Gasteiger partial charge in [-0.2, -0.15) is 0 Å². The molecular formula is C15H12FNO4. The van der Waals surface area contributed by atoms with Gasteiger partial charge in [-0.05, 0) is 30.7 Å². The fourth-order valence-electron chi connectivity index (χ4n) is 1.83. The number of benzene rings is 2. The van der Waals surface area contributed by atoms with Gasteiger partial charge in [0.1, 0.15) is 11.4 Å². The molecular weight excluding hydrogens is 277 g/mol. The molecule has 21 heavy (non-hydrogen) atoms. The van der Waals surface area contributed by atoms with Crippen LogP contribution in [0, 0.1) is 12.7 Å². The summed E-state index contributed by atoms with van der Waals surface area (Å²) < 4.78 is 13.8. The molecule has 2 aromatic carbocycles. The number of carboxylic acids is 1. The van der Waals surface area contributed by atoms with Gasteiger partial charge in [-0.15, -0.1) is 0 Å². The maximum atomic E-state index is 13.8. The lowest BCUT2D eigenvalue weighted by Crippen LogP contribution is -2.15. The number of para-hydroxylation sites is 1. The SMILES string of the molecule is Cc1cccc(C(=O)Nc2cccc(C(=O)O)c2O)c1F. The Morgan fingerprint density at radius 3 is 2.38 bits per heavy atom. The summed E-state index contributed by atoms with van der Waals surface area (Å²) in [5.74, 6) is -3.34. The molecule has 6 heteroatoms. The molecule has 0 bridgehead atoms. The van der Waals surface area contributed by atoms with E-state index in [1.165, 1.54) is 43.3 Å². The van der Waals surface area contributed by atoms with Gasteiger partial charge in [-0.3, -0.25) is 4.79 Å². The lowest BCUT2D eigenvalue weighted by molar-refractivity contribution is 0.0693. The van der Waals surface area contributed by atoms with Crippen molar-refractivity contribution in [3.05, 3.63) is 58.9 Å². The Morgan fingerprint density at radius 2 is 1.71 bits per heavy atom. The quantitative estimate of drug-likeness (QED) is 0.758. The summed E-state index contributed by atoms with van der Waals surface area (Å²) in [6, 6.07) is 8.24. The van der Waals surface area contributed by atoms with E-state index in [1.807, 2.05) is 0 Å². The van der Waals surface area contributed by atoms with Gasteiger partial charge < -0.3 is 15.5 Å². The van der Waals surface area contributed by atoms with Gasteiger partial charge in [-0.1, -0.05) is 18.2 Å². The minimum absolute atomic E-state index is 0.0965. The smallest absolute Gasteiger partial charge is 0.339 e. The zero-order valence-electron chi connectivity index (χ0n) is 11.1. The minimum Gasteiger partial charge on any atom is -0.505 e. The van der Waals surface area contributed by atoms with E-state index in [4.69, 9.17) is 5.11 Å². The lowest BCUT2D eigenvalue weighted by atomic mass is 10.1. The molecule has 2 aromatic rings. The number of carbonyl (C=O) groups excluding carboxylic acids is 1. The second kappa shape index (κ2) is 5.62. The van der Waals surface area contributed by atoms with Crippen LogP contribution in [0.15, 0.2) is 36.4 Å². The van der Waals surface area contributed by atoms with Gasteiger partial charge in [0, 0.05) is 0 Å². The molecule has 0 aliphatic heterocycles. The average Bonchev–Trinajstić information content (AvgIpc) is 2.43. The molecule has 0 aliphatic carbocycles. The van der Waals surface area contributed by atoms with Gasteiger partial charge in [0.2, 0.25) is 0 Å². The van der Waals surface area contributed by atoms with Gasteiger partial charge in [0.25, 0.3) is 5.91 Å². The summed E-state index contributed by atoms with van der Waals surface area (Å²) in [5, 5.41) is 21.0. The number of hydrogen-bond donors (Lipinski definition) is 3. The van der Waals surface area contributed by atoms with Crippen LogP contribution in [0.25, 0.3) is 0 Å². The molecule has 0 unspecified atom stereocenters. The number of amides is 1. The molecule has 2 rings (SSSR count). The van der Waals surface area contributed by atoms with E-state index in [0.717, 1.165) is 0 Å². The topological polar surface area (TPSA) is 86.6 Å². The van der Waals surface area contributed by atoms with Gasteiger partial charge in [0.15, 0.2) is 5.75 Å². The molecule has 0 saturated carbocycles. The number of anilines is 1. The first kappa shape index (κ1) is 14.5. The maximum absolute atomic E-state index is 13.8. The van der Waals surface area contributed by atoms with Crippen molar-refractivity contribution < 1.29 is 24.2 Å². The van der Waals surface area contributed by atoms with Crippen LogP contribution in [0.5, 0.6) is 5.75 Å². The number of nitrogens with one attached hydrogen (secondary N) is 1. The standard InChI is InChI=1S/C15H12FNO4/c1-8-4-2-5-9(12(8)16)14(19)17-11-7-3-6-10(13(11)18)15(20)21/h2-7,18H,1H3,(H,17,19)(H,20,21). The number of hydrogen-bond acceptors (Lipinski definition) is 3. The van der Waals surface area contributed by atoms with Crippen LogP contribution in [0.2, 0.25) is 0 Å². The van der Waals surface area contributed by atoms with Crippen LogP contribution in [0.1, 0.15) is 26.3 Å². The number of rotatable bonds is 3. The summed E-state index contributed by atoms with van der Waals surface area (Å²) in [6.45, 7) is 1.52. The Kier molecular flexibility index (Phi) is 3.89. The van der Waals surface area contributed by atoms with Crippen molar-refractivity contribution in [3.8, 4) is 5.75 Å². The highest BCUT2D eigenvalue weighted by Crippen LogP contribution is 2.28. The predicted octanol–water partition coefficient (Wildman–Crippen LogP) is 2.79. The average molecular weight is 289 g/mol. The van der Waals surface area contributed by atoms with E-state index in [9.17, 15) is 19.1 Å². The third-order valence-electron chi connectivity index (χ3n) is 2.95. The molecule has 1 amide bonds. The summed E-state index contributed by atoms with van der Waals surface area (Å²) in [7, 11) is 0. The third kappa shape index (κ3) is 2.84. The van der Waals surface area contributed by atoms with Gasteiger partial charge >= 0.3 is 5.97 Å². The summed E-state index contributed by atoms with van der Waals surface area (Å²) in [5.41, 5.74) is -0.320. The molecule has 5 nitrogen and oxygen atoms in total. The van der Waals surface area contributed by atoms with E-state index in [-0.39, 0.29) is 16.8 Å². The second-order valence-electron chi connectivity index (χ2n) is 4.40. The first-order valence-corrected chi connectivity index (χ1v) is 6.03. The Hall–Kier alpha value is -2.89. The molecule has 0 aliphatic rings. The fraction of sp³-hybridized carbons (Fsp3) is 0.0667. The number of aromatic carboxylic acids is 1. The largest absolute Gasteiger partial charge is 0.505 e. The molecule has 0 heterocycles. The summed E-state index contributed by atoms with van der Waals surface area (Å²) in [4.78, 5) is 22.9. The van der Waals surface area contributed by atoms with Crippen molar-refractivity contribution >= 4 is 17.6 Å². The van der Waals surface area contributed by atoms with Crippen LogP contribution in [0.4, 0.5) is 10.1 Å². The van der Waals surface area contributed by atoms with Crippen molar-refractivity contribution in [1.82, 2.24) is 0 Å². The molecule has 0 radical (unpaired) electrons. The van der Waals surface area contributed by atoms with Crippen molar-refractivity contribution in [2.24, 2.45) is 0 Å². The number of halogens is 1. The first-order chi connectivity index (χ1) is 9.91. The van der Waals surface area contributed by atoms with Crippen molar-refractivity contribution in [1.29, 1.82) is 0 Å². The van der Waals surface area contributed by atoms with Crippen molar-refractivity contribution in [3.63, 3.8) is 0 Å². The fourth-order valence-corrected chi connectivity index (χ4v) is 1.83. The highest BCUT2D eigenvalue weighted by atomic mass is 19.1. The zero-order chi connectivity index (χ0) is 15.6. The first-order valence-electron chi connectivity index (χ1n) is 6.03. The highest BCUT2D eigenvalue weighted by Gasteiger charge is 2.17. The highest BCUT2D eigenvalue weighted by molar-refractivity contribution is 6.06. The molecule has 0 spiro atoms. The predicted molar refractivity (Wildman–Crippen MR) is 74.2 cm³/mol. The number of aromatic hydroxyl groups is 1. The van der Waals surface area contributed by atoms with Crippen molar-refractivity contribution in [2.45, 2.75) is 6.92 Å². The molecule has 3 N–H and O–H groups in total. The number of carboxylic acid groups (broad SMARTS) is 1. The summed E-state index contributed by atoms with van der Waals surface area (Å²) >= 11 is 0. The Morgan fingerprint density at radius 1 is 1.10 bits per heavy atom. The normalized spacial score (nSPS) is 10.2. The second-order valence-corrected chi connectivity index (χ2v) is 4.40. The van der Waals surface area contributed by atoms with Crippen LogP contribution < -0.4 is 5.32 Å². The Labute approximate surface area is 119 Å². The molecule has 0 fully saturated rings. The van der Waals surface area contributed by atoms with E-state index in [1.54, 1.807) is 0 Å². The van der Waals surface area contributed by atoms with Crippen LogP contribution in [0.3, 0.4) is 0 Å². The van der Waals surface area contributed by atoms with Gasteiger partial charge in [-0.25, -0.2) is 9.18 Å². The van der Waals surface area contributed by atoms with E-state index < -0.39 is 23.4 Å². The summed E-state index contributed by atoms with van der Waals surface area (Å²) in [6.07, 6.45) is 0. The maximum Gasteiger partial charge on any atom is 0.339 e. The zero-order valence-corrected chi connectivity index (χ0v) is 11.1. The van der Waals surface area contributed by atoms with E-state index in [0.29, 0.717) is 5.56 Å². The van der Waals surface area contributed by atoms with Crippen molar-refractivity contribution in [2.75, 3.05) is 5.32 Å². The number of aryl methyl sites for hydroxylation is 1. The molecule has 108 valence electrons. The molecule has 0 aromatic heterocycles. The van der Waals surface area contributed by atoms with Crippen LogP contribution in [-0.4, -0.2) is 22.1 Å². The Balaban J connectivity index is 2.34. The monoisotopic (exact) mass is 289 g/mol. The van der Waals surface area contributed by atoms with Crippen LogP contribution >= 0.6 is 0 Å². The Bertz CT molecular complexity index is 728. The minimum atomic E-state index is -1.33. The number of carbonyl (C=O) groups is 2. The van der Waals surface area contributed by atoms with E-state index in [2.05, 4.69) is 5.32 Å².